The fourth-order valence-electron chi connectivity index (χ4n) is 14.0. The molecule has 0 unspecified atom stereocenters. The fourth-order valence-corrected chi connectivity index (χ4v) is 15.4. The van der Waals surface area contributed by atoms with Crippen molar-refractivity contribution in [3.05, 3.63) is 280 Å². The van der Waals surface area contributed by atoms with Crippen molar-refractivity contribution in [2.24, 2.45) is 0 Å². The summed E-state index contributed by atoms with van der Waals surface area (Å²) in [5, 5.41) is 37.6. The average molecular weight is 1290 g/mol. The van der Waals surface area contributed by atoms with E-state index in [1.807, 2.05) is 48.8 Å². The minimum Gasteiger partial charge on any atom is -0.309 e. The largest absolute Gasteiger partial charge is 0.309 e. The normalized spacial score (nSPS) is 11.9. The lowest BCUT2D eigenvalue weighted by Crippen LogP contribution is -1.93. The Labute approximate surface area is 518 Å². The van der Waals surface area contributed by atoms with E-state index in [-0.39, 0.29) is 0 Å². The Morgan fingerprint density at radius 2 is 0.605 bits per heavy atom. The van der Waals surface area contributed by atoms with E-state index in [2.05, 4.69) is 281 Å². The van der Waals surface area contributed by atoms with Gasteiger partial charge in [-0.15, -0.1) is 0 Å². The molecule has 0 aliphatic carbocycles. The summed E-state index contributed by atoms with van der Waals surface area (Å²) in [6, 6.07) is 90.9. The fraction of sp³-hybridized carbons (Fsp3) is 0. The zero-order valence-electron chi connectivity index (χ0n) is 45.7. The molecular weight excluding hydrogens is 1240 g/mol. The minimum atomic E-state index is 0.702. The van der Waals surface area contributed by atoms with Gasteiger partial charge in [-0.1, -0.05) is 224 Å². The zero-order valence-corrected chi connectivity index (χ0v) is 50.5. The van der Waals surface area contributed by atoms with Crippen molar-refractivity contribution in [3.63, 3.8) is 0 Å². The molecule has 0 amide bonds. The first-order chi connectivity index (χ1) is 42.4. The number of hydrogen-bond acceptors (Lipinski definition) is 3. The SMILES string of the molecule is Brc1ccc2ccc3c(-c4ccccn4)ccc4ccc1c2c43.Brc1ccc2ccc3c(Br)ccc4ccc1c2c43.N#Cc1ccc2c3c1ccc1c(-c4ccc5ccc6c(-c7ccccn7)ccc7ccc4c5c76)ccc(c13)n2-c1ccccc1. The average Bonchev–Trinajstić information content (AvgIpc) is 1.64. The van der Waals surface area contributed by atoms with Crippen LogP contribution in [0.2, 0.25) is 0 Å². The molecule has 0 radical (unpaired) electrons. The third-order valence-electron chi connectivity index (χ3n) is 17.7. The molecule has 0 N–H and O–H groups in total. The van der Waals surface area contributed by atoms with Gasteiger partial charge >= 0.3 is 0 Å². The van der Waals surface area contributed by atoms with Crippen molar-refractivity contribution in [1.29, 1.82) is 5.26 Å². The maximum atomic E-state index is 10.0. The highest BCUT2D eigenvalue weighted by molar-refractivity contribution is 9.11. The van der Waals surface area contributed by atoms with Crippen molar-refractivity contribution in [1.82, 2.24) is 14.5 Å². The van der Waals surface area contributed by atoms with Crippen LogP contribution in [0.3, 0.4) is 0 Å². The molecule has 0 saturated heterocycles. The predicted molar refractivity (Wildman–Crippen MR) is 373 cm³/mol. The minimum absolute atomic E-state index is 0.702. The van der Waals surface area contributed by atoms with Crippen LogP contribution in [0.5, 0.6) is 0 Å². The van der Waals surface area contributed by atoms with Gasteiger partial charge in [-0.05, 0) is 186 Å². The smallest absolute Gasteiger partial charge is 0.0998 e. The van der Waals surface area contributed by atoms with Crippen molar-refractivity contribution in [3.8, 4) is 45.4 Å². The molecule has 86 heavy (non-hydrogen) atoms. The van der Waals surface area contributed by atoms with Gasteiger partial charge in [-0.2, -0.15) is 5.26 Å². The molecule has 0 bridgehead atoms. The standard InChI is InChI=1S/C42H23N3.C21H12BrN.C16H8Br2/c43-24-27-13-21-37-41-29(27)18-19-34-31(20-22-38(42(34)41)45(37)28-6-2-1-3-7-28)30-14-9-25-12-17-35-32(36-8-4-5-23-44-36)15-10-26-11-16-33(30)39(25)40(26)35;22-18-11-7-14-5-9-16-15(19-3-1-2-12-23-19)8-4-13-6-10-17(18)21(14)20(13)16;17-13-8-4-10-2-6-12-14(18)7-3-9-1-5-11(13)16(10)15(9)12/h1-23H;1-12H;1-8H. The number of nitrogens with zero attached hydrogens (tertiary/aromatic N) is 4. The lowest BCUT2D eigenvalue weighted by molar-refractivity contribution is 1.18. The van der Waals surface area contributed by atoms with Crippen LogP contribution < -0.4 is 0 Å². The van der Waals surface area contributed by atoms with E-state index in [0.717, 1.165) is 57.9 Å². The van der Waals surface area contributed by atoms with Gasteiger partial charge < -0.3 is 4.57 Å². The molecule has 3 aromatic heterocycles. The quantitative estimate of drug-likeness (QED) is 0.165. The van der Waals surface area contributed by atoms with Gasteiger partial charge in [0.25, 0.3) is 0 Å². The Bertz CT molecular complexity index is 5860. The molecule has 0 aliphatic rings. The summed E-state index contributed by atoms with van der Waals surface area (Å²) in [7, 11) is 0. The van der Waals surface area contributed by atoms with Gasteiger partial charge in [0.2, 0.25) is 0 Å². The lowest BCUT2D eigenvalue weighted by atomic mass is 9.86. The van der Waals surface area contributed by atoms with Gasteiger partial charge in [-0.3, -0.25) is 9.97 Å². The second kappa shape index (κ2) is 19.9. The van der Waals surface area contributed by atoms with E-state index < -0.39 is 0 Å². The second-order valence-corrected chi connectivity index (χ2v) is 24.7. The van der Waals surface area contributed by atoms with Crippen molar-refractivity contribution < 1.29 is 0 Å². The number of pyridine rings is 2. The molecule has 0 fully saturated rings. The number of rotatable bonds is 4. The summed E-state index contributed by atoms with van der Waals surface area (Å²) in [5.74, 6) is 0. The van der Waals surface area contributed by atoms with E-state index in [0.29, 0.717) is 5.56 Å². The number of halogens is 3. The highest BCUT2D eigenvalue weighted by atomic mass is 79.9. The monoisotopic (exact) mass is 1280 g/mol. The Kier molecular flexibility index (Phi) is 11.7. The van der Waals surface area contributed by atoms with Crippen molar-refractivity contribution in [2.45, 2.75) is 0 Å². The highest BCUT2D eigenvalue weighted by Crippen LogP contribution is 2.48. The van der Waals surface area contributed by atoms with E-state index >= 15 is 0 Å². The number of nitriles is 1. The maximum Gasteiger partial charge on any atom is 0.0998 e. The Balaban J connectivity index is 0.000000116. The molecule has 3 heterocycles. The van der Waals surface area contributed by atoms with E-state index in [1.54, 1.807) is 0 Å². The molecule has 4 nitrogen and oxygen atoms in total. The summed E-state index contributed by atoms with van der Waals surface area (Å²) >= 11 is 11.0. The first-order valence-corrected chi connectivity index (χ1v) is 31.0. The number of benzene rings is 16. The third kappa shape index (κ3) is 7.70. The molecule has 0 aliphatic heterocycles. The number of hydrogen-bond donors (Lipinski definition) is 0. The molecule has 16 aromatic carbocycles. The van der Waals surface area contributed by atoms with Crippen LogP contribution in [-0.2, 0) is 0 Å². The van der Waals surface area contributed by atoms with E-state index in [4.69, 9.17) is 0 Å². The summed E-state index contributed by atoms with van der Waals surface area (Å²) < 4.78 is 5.79. The van der Waals surface area contributed by atoms with Crippen LogP contribution in [0.1, 0.15) is 5.56 Å². The van der Waals surface area contributed by atoms with Gasteiger partial charge in [0.1, 0.15) is 0 Å². The lowest BCUT2D eigenvalue weighted by Gasteiger charge is -2.17. The van der Waals surface area contributed by atoms with Crippen molar-refractivity contribution in [2.75, 3.05) is 0 Å². The molecule has 7 heteroatoms. The first-order valence-electron chi connectivity index (χ1n) is 28.6. The van der Waals surface area contributed by atoms with Gasteiger partial charge in [-0.25, -0.2) is 0 Å². The van der Waals surface area contributed by atoms with Crippen LogP contribution in [-0.4, -0.2) is 14.5 Å². The molecular formula is C79H43Br3N4. The molecule has 0 saturated carbocycles. The van der Waals surface area contributed by atoms with Crippen molar-refractivity contribution >= 4 is 177 Å². The van der Waals surface area contributed by atoms with Crippen LogP contribution in [0.15, 0.2) is 275 Å². The van der Waals surface area contributed by atoms with Crippen LogP contribution in [0.25, 0.3) is 169 Å². The Morgan fingerprint density at radius 3 is 1.05 bits per heavy atom. The summed E-state index contributed by atoms with van der Waals surface area (Å²) in [5.41, 5.74) is 10.8. The Hall–Kier alpha value is -9.81. The number of aromatic nitrogens is 3. The summed E-state index contributed by atoms with van der Waals surface area (Å²) in [6.45, 7) is 0. The van der Waals surface area contributed by atoms with E-state index in [9.17, 15) is 5.26 Å². The van der Waals surface area contributed by atoms with Crippen LogP contribution in [0.4, 0.5) is 0 Å². The molecule has 0 atom stereocenters. The first kappa shape index (κ1) is 50.7. The molecule has 19 aromatic rings. The number of para-hydroxylation sites is 1. The molecule has 19 rings (SSSR count). The predicted octanol–water partition coefficient (Wildman–Crippen LogP) is 23.4. The topological polar surface area (TPSA) is 54.5 Å². The third-order valence-corrected chi connectivity index (χ3v) is 19.8. The zero-order chi connectivity index (χ0) is 57.3. The van der Waals surface area contributed by atoms with Gasteiger partial charge in [0.05, 0.1) is 34.1 Å². The van der Waals surface area contributed by atoms with Gasteiger partial charge in [0, 0.05) is 58.8 Å². The molecule has 0 spiro atoms. The summed E-state index contributed by atoms with van der Waals surface area (Å²) in [4.78, 5) is 9.22. The molecule has 400 valence electrons. The van der Waals surface area contributed by atoms with E-state index in [1.165, 1.54) is 124 Å². The van der Waals surface area contributed by atoms with Crippen LogP contribution in [0, 0.1) is 11.3 Å². The Morgan fingerprint density at radius 1 is 0.279 bits per heavy atom. The van der Waals surface area contributed by atoms with Crippen LogP contribution >= 0.6 is 47.8 Å². The summed E-state index contributed by atoms with van der Waals surface area (Å²) in [6.07, 6.45) is 3.71. The van der Waals surface area contributed by atoms with Gasteiger partial charge in [0.15, 0.2) is 0 Å². The maximum absolute atomic E-state index is 10.0. The highest BCUT2D eigenvalue weighted by Gasteiger charge is 2.23. The second-order valence-electron chi connectivity index (χ2n) is 22.1.